The third kappa shape index (κ3) is 2.32. The highest BCUT2D eigenvalue weighted by molar-refractivity contribution is 7.07. The van der Waals surface area contributed by atoms with Crippen LogP contribution >= 0.6 is 11.3 Å². The van der Waals surface area contributed by atoms with Gasteiger partial charge in [0, 0.05) is 16.5 Å². The first-order chi connectivity index (χ1) is 9.24. The average Bonchev–Trinajstić information content (AvgIpc) is 2.92. The van der Waals surface area contributed by atoms with Crippen molar-refractivity contribution in [1.29, 1.82) is 0 Å². The van der Waals surface area contributed by atoms with Gasteiger partial charge in [-0.25, -0.2) is 9.78 Å². The van der Waals surface area contributed by atoms with Crippen molar-refractivity contribution >= 4 is 28.2 Å². The minimum atomic E-state index is -0.450. The number of carbonyl (C=O) groups excluding carboxylic acids is 1. The van der Waals surface area contributed by atoms with Gasteiger partial charge in [-0.2, -0.15) is 0 Å². The maximum Gasteiger partial charge on any atom is 0.363 e. The summed E-state index contributed by atoms with van der Waals surface area (Å²) in [6.07, 6.45) is 0. The van der Waals surface area contributed by atoms with Crippen LogP contribution < -0.4 is 4.74 Å². The smallest absolute Gasteiger partial charge is 0.363 e. The standard InChI is InChI=1S/C14H10N2O2S/c1-9-5-6-10-11(16-9)3-2-4-13(10)18-14(17)12-7-19-8-15-12/h2-8H,1H3. The van der Waals surface area contributed by atoms with Gasteiger partial charge in [-0.3, -0.25) is 4.98 Å². The molecule has 19 heavy (non-hydrogen) atoms. The van der Waals surface area contributed by atoms with Crippen molar-refractivity contribution in [2.75, 3.05) is 0 Å². The van der Waals surface area contributed by atoms with Crippen LogP contribution in [0.4, 0.5) is 0 Å². The van der Waals surface area contributed by atoms with Crippen LogP contribution in [-0.2, 0) is 0 Å². The zero-order chi connectivity index (χ0) is 13.2. The Morgan fingerprint density at radius 2 is 2.16 bits per heavy atom. The molecule has 0 spiro atoms. The maximum atomic E-state index is 11.9. The Bertz CT molecular complexity index is 738. The van der Waals surface area contributed by atoms with Crippen molar-refractivity contribution in [1.82, 2.24) is 9.97 Å². The Morgan fingerprint density at radius 3 is 2.95 bits per heavy atom. The zero-order valence-corrected chi connectivity index (χ0v) is 11.0. The molecule has 2 aromatic heterocycles. The number of hydrogen-bond donors (Lipinski definition) is 0. The lowest BCUT2D eigenvalue weighted by molar-refractivity contribution is 0.0732. The molecule has 0 aliphatic rings. The number of fused-ring (bicyclic) bond motifs is 1. The van der Waals surface area contributed by atoms with Gasteiger partial charge in [0.05, 0.1) is 11.0 Å². The Kier molecular flexibility index (Phi) is 2.97. The number of ether oxygens (including phenoxy) is 1. The Labute approximate surface area is 113 Å². The summed E-state index contributed by atoms with van der Waals surface area (Å²) in [5.74, 6) is 0.0531. The summed E-state index contributed by atoms with van der Waals surface area (Å²) >= 11 is 1.36. The average molecular weight is 270 g/mol. The molecule has 0 aliphatic heterocycles. The van der Waals surface area contributed by atoms with Crippen LogP contribution in [0, 0.1) is 6.92 Å². The van der Waals surface area contributed by atoms with Gasteiger partial charge in [-0.15, -0.1) is 11.3 Å². The second-order valence-corrected chi connectivity index (χ2v) is 4.76. The van der Waals surface area contributed by atoms with Gasteiger partial charge in [-0.1, -0.05) is 6.07 Å². The molecular weight excluding hydrogens is 260 g/mol. The quantitative estimate of drug-likeness (QED) is 0.530. The predicted molar refractivity (Wildman–Crippen MR) is 73.6 cm³/mol. The van der Waals surface area contributed by atoms with Crippen molar-refractivity contribution in [3.63, 3.8) is 0 Å². The number of thiazole rings is 1. The van der Waals surface area contributed by atoms with E-state index in [1.165, 1.54) is 11.3 Å². The van der Waals surface area contributed by atoms with E-state index < -0.39 is 5.97 Å². The van der Waals surface area contributed by atoms with Crippen LogP contribution in [0.2, 0.25) is 0 Å². The van der Waals surface area contributed by atoms with Crippen molar-refractivity contribution in [2.45, 2.75) is 6.92 Å². The van der Waals surface area contributed by atoms with Crippen LogP contribution in [0.1, 0.15) is 16.2 Å². The van der Waals surface area contributed by atoms with E-state index in [-0.39, 0.29) is 0 Å². The normalized spacial score (nSPS) is 10.6. The molecule has 5 heteroatoms. The lowest BCUT2D eigenvalue weighted by atomic mass is 10.2. The van der Waals surface area contributed by atoms with E-state index in [2.05, 4.69) is 9.97 Å². The van der Waals surface area contributed by atoms with E-state index in [0.29, 0.717) is 11.4 Å². The lowest BCUT2D eigenvalue weighted by Crippen LogP contribution is -2.09. The Morgan fingerprint density at radius 1 is 1.26 bits per heavy atom. The third-order valence-corrected chi connectivity index (χ3v) is 3.26. The molecule has 94 valence electrons. The van der Waals surface area contributed by atoms with Gasteiger partial charge in [0.25, 0.3) is 0 Å². The summed E-state index contributed by atoms with van der Waals surface area (Å²) in [7, 11) is 0. The highest BCUT2D eigenvalue weighted by Crippen LogP contribution is 2.25. The van der Waals surface area contributed by atoms with E-state index in [1.54, 1.807) is 17.0 Å². The number of pyridine rings is 1. The molecule has 3 rings (SSSR count). The van der Waals surface area contributed by atoms with Gasteiger partial charge in [0.15, 0.2) is 5.69 Å². The van der Waals surface area contributed by atoms with Gasteiger partial charge < -0.3 is 4.74 Å². The number of esters is 1. The molecule has 0 bridgehead atoms. The van der Waals surface area contributed by atoms with Crippen molar-refractivity contribution in [2.24, 2.45) is 0 Å². The summed E-state index contributed by atoms with van der Waals surface area (Å²) in [4.78, 5) is 20.2. The number of benzene rings is 1. The van der Waals surface area contributed by atoms with Crippen molar-refractivity contribution in [3.8, 4) is 5.75 Å². The fourth-order valence-electron chi connectivity index (χ4n) is 1.78. The summed E-state index contributed by atoms with van der Waals surface area (Å²) in [6.45, 7) is 1.92. The van der Waals surface area contributed by atoms with Gasteiger partial charge in [0.2, 0.25) is 0 Å². The van der Waals surface area contributed by atoms with Gasteiger partial charge >= 0.3 is 5.97 Å². The molecule has 0 fully saturated rings. The molecule has 0 N–H and O–H groups in total. The minimum absolute atomic E-state index is 0.321. The van der Waals surface area contributed by atoms with Crippen molar-refractivity contribution < 1.29 is 9.53 Å². The molecule has 0 amide bonds. The number of rotatable bonds is 2. The van der Waals surface area contributed by atoms with E-state index in [4.69, 9.17) is 4.74 Å². The molecule has 0 saturated heterocycles. The van der Waals surface area contributed by atoms with Crippen LogP contribution in [0.5, 0.6) is 5.75 Å². The fraction of sp³-hybridized carbons (Fsp3) is 0.0714. The minimum Gasteiger partial charge on any atom is -0.421 e. The highest BCUT2D eigenvalue weighted by Gasteiger charge is 2.12. The Balaban J connectivity index is 1.99. The first-order valence-electron chi connectivity index (χ1n) is 5.71. The fourth-order valence-corrected chi connectivity index (χ4v) is 2.30. The highest BCUT2D eigenvalue weighted by atomic mass is 32.1. The van der Waals surface area contributed by atoms with Gasteiger partial charge in [-0.05, 0) is 31.2 Å². The molecule has 0 radical (unpaired) electrons. The summed E-state index contributed by atoms with van der Waals surface area (Å²) in [5, 5.41) is 2.48. The molecule has 0 atom stereocenters. The topological polar surface area (TPSA) is 52.1 Å². The summed E-state index contributed by atoms with van der Waals surface area (Å²) < 4.78 is 5.38. The van der Waals surface area contributed by atoms with E-state index in [9.17, 15) is 4.79 Å². The summed E-state index contributed by atoms with van der Waals surface area (Å²) in [6, 6.07) is 9.26. The number of carbonyl (C=O) groups is 1. The first-order valence-corrected chi connectivity index (χ1v) is 6.65. The monoisotopic (exact) mass is 270 g/mol. The lowest BCUT2D eigenvalue weighted by Gasteiger charge is -2.06. The molecule has 1 aromatic carbocycles. The molecule has 0 aliphatic carbocycles. The van der Waals surface area contributed by atoms with E-state index in [1.807, 2.05) is 31.2 Å². The second-order valence-electron chi connectivity index (χ2n) is 4.04. The molecule has 2 heterocycles. The van der Waals surface area contributed by atoms with Crippen LogP contribution in [-0.4, -0.2) is 15.9 Å². The molecule has 4 nitrogen and oxygen atoms in total. The third-order valence-electron chi connectivity index (χ3n) is 2.68. The SMILES string of the molecule is Cc1ccc2c(OC(=O)c3cscn3)cccc2n1. The predicted octanol–water partition coefficient (Wildman–Crippen LogP) is 3.22. The van der Waals surface area contributed by atoms with E-state index in [0.717, 1.165) is 16.6 Å². The summed E-state index contributed by atoms with van der Waals surface area (Å²) in [5.41, 5.74) is 3.66. The molecule has 3 aromatic rings. The molecular formula is C14H10N2O2S. The number of aryl methyl sites for hydroxylation is 1. The van der Waals surface area contributed by atoms with Crippen LogP contribution in [0.15, 0.2) is 41.2 Å². The number of aromatic nitrogens is 2. The number of hydrogen-bond acceptors (Lipinski definition) is 5. The first kappa shape index (κ1) is 11.8. The maximum absolute atomic E-state index is 11.9. The molecule has 0 unspecified atom stereocenters. The second kappa shape index (κ2) is 4.78. The Hall–Kier alpha value is -2.27. The van der Waals surface area contributed by atoms with Crippen molar-refractivity contribution in [3.05, 3.63) is 52.6 Å². The zero-order valence-electron chi connectivity index (χ0n) is 10.2. The van der Waals surface area contributed by atoms with E-state index >= 15 is 0 Å². The van der Waals surface area contributed by atoms with Crippen LogP contribution in [0.3, 0.4) is 0 Å². The number of nitrogens with zero attached hydrogens (tertiary/aromatic N) is 2. The van der Waals surface area contributed by atoms with Gasteiger partial charge in [0.1, 0.15) is 5.75 Å². The molecule has 0 saturated carbocycles. The van der Waals surface area contributed by atoms with Crippen LogP contribution in [0.25, 0.3) is 10.9 Å². The largest absolute Gasteiger partial charge is 0.421 e.